The summed E-state index contributed by atoms with van der Waals surface area (Å²) in [6, 6.07) is 19.5. The van der Waals surface area contributed by atoms with Crippen LogP contribution in [0, 0.1) is 11.3 Å². The molecule has 5 aromatic rings. The molecule has 4 atom stereocenters. The molecule has 13 heteroatoms. The van der Waals surface area contributed by atoms with Gasteiger partial charge in [0.2, 0.25) is 5.91 Å². The maximum atomic E-state index is 13.6. The van der Waals surface area contributed by atoms with Crippen molar-refractivity contribution >= 4 is 28.9 Å². The van der Waals surface area contributed by atoms with E-state index in [0.29, 0.717) is 36.7 Å². The quantitative estimate of drug-likeness (QED) is 0.110. The molecule has 288 valence electrons. The molecule has 0 saturated carbocycles. The Bertz CT molecular complexity index is 2220. The Balaban J connectivity index is 1.08. The number of rotatable bonds is 8. The highest BCUT2D eigenvalue weighted by Gasteiger charge is 2.55. The van der Waals surface area contributed by atoms with Gasteiger partial charge in [0.25, 0.3) is 0 Å². The summed E-state index contributed by atoms with van der Waals surface area (Å²) in [5.74, 6) is 0.761. The highest BCUT2D eigenvalue weighted by Crippen LogP contribution is 2.50. The van der Waals surface area contributed by atoms with Gasteiger partial charge in [-0.2, -0.15) is 0 Å². The molecule has 0 aliphatic carbocycles. The zero-order valence-corrected chi connectivity index (χ0v) is 32.1. The van der Waals surface area contributed by atoms with E-state index in [0.717, 1.165) is 45.1 Å². The van der Waals surface area contributed by atoms with E-state index in [1.54, 1.807) is 22.2 Å². The Morgan fingerprint density at radius 2 is 1.64 bits per heavy atom. The number of H-pyrrole nitrogens is 2. The number of amides is 3. The molecule has 3 aromatic carbocycles. The minimum Gasteiger partial charge on any atom is -0.465 e. The molecular formula is C42H49N7O6. The second kappa shape index (κ2) is 14.5. The Kier molecular flexibility index (Phi) is 9.93. The zero-order valence-electron chi connectivity index (χ0n) is 32.1. The van der Waals surface area contributed by atoms with Crippen molar-refractivity contribution in [1.82, 2.24) is 35.1 Å². The van der Waals surface area contributed by atoms with Crippen molar-refractivity contribution in [3.8, 4) is 33.6 Å². The number of hydrogen-bond donors (Lipinski definition) is 5. The van der Waals surface area contributed by atoms with E-state index < -0.39 is 35.9 Å². The summed E-state index contributed by atoms with van der Waals surface area (Å²) >= 11 is 0. The van der Waals surface area contributed by atoms with Crippen molar-refractivity contribution in [3.05, 3.63) is 84.7 Å². The van der Waals surface area contributed by atoms with Crippen LogP contribution in [-0.4, -0.2) is 90.4 Å². The van der Waals surface area contributed by atoms with Crippen LogP contribution in [0.5, 0.6) is 0 Å². The third-order valence-electron chi connectivity index (χ3n) is 11.4. The largest absolute Gasteiger partial charge is 0.465 e. The van der Waals surface area contributed by atoms with E-state index in [4.69, 9.17) is 14.7 Å². The van der Waals surface area contributed by atoms with Crippen LogP contribution in [0.3, 0.4) is 0 Å². The number of β-amino-alcohol motifs (C(OH)–C–C–N with tert-alkyl or cyclic N) is 1. The molecule has 13 nitrogen and oxygen atoms in total. The van der Waals surface area contributed by atoms with Gasteiger partial charge in [0.1, 0.15) is 23.2 Å². The molecule has 5 N–H and O–H groups in total. The molecule has 2 fully saturated rings. The molecule has 4 heterocycles. The van der Waals surface area contributed by atoms with Crippen molar-refractivity contribution in [2.45, 2.75) is 77.6 Å². The molecule has 0 bridgehead atoms. The highest BCUT2D eigenvalue weighted by atomic mass is 16.5. The molecule has 2 saturated heterocycles. The molecule has 0 unspecified atom stereocenters. The van der Waals surface area contributed by atoms with Crippen molar-refractivity contribution in [3.63, 3.8) is 0 Å². The zero-order chi connectivity index (χ0) is 39.2. The minimum absolute atomic E-state index is 0.142. The Hall–Kier alpha value is -5.69. The topological polar surface area (TPSA) is 177 Å². The summed E-state index contributed by atoms with van der Waals surface area (Å²) in [5, 5.41) is 25.4. The van der Waals surface area contributed by atoms with Gasteiger partial charge in [-0.25, -0.2) is 19.6 Å². The number of alkyl carbamates (subject to hydrolysis) is 1. The van der Waals surface area contributed by atoms with Crippen LogP contribution in [0.4, 0.5) is 9.59 Å². The standard InChI is InChI=1S/C42H49N7O6/c1-24(2)35(47-39(52)55-6)37(51)48-23-31(50)20-34(48)36-43-21-32(45-36)26-10-8-25(9-11-26)27-12-13-29-19-30(15-14-28(29)18-27)33-22-44-38(46-33)42(41(3,4)5)16-7-17-49(42)40(53)54/h8-15,18-19,21-22,24,31,34-35,50H,7,16-17,20,23H2,1-6H3,(H,43,45)(H,44,46)(H,47,52)(H,53,54)/t31-,34-,35-,42+/m0/s1. The first-order chi connectivity index (χ1) is 26.2. The van der Waals surface area contributed by atoms with Crippen molar-refractivity contribution < 1.29 is 29.3 Å². The maximum absolute atomic E-state index is 13.6. The predicted octanol–water partition coefficient (Wildman–Crippen LogP) is 7.32. The number of aromatic nitrogens is 4. The number of methoxy groups -OCH3 is 1. The average Bonchev–Trinajstić information content (AvgIpc) is 3.99. The number of likely N-dealkylation sites (tertiary alicyclic amines) is 2. The molecule has 0 radical (unpaired) electrons. The van der Waals surface area contributed by atoms with Crippen LogP contribution in [-0.2, 0) is 15.1 Å². The van der Waals surface area contributed by atoms with Gasteiger partial charge in [0, 0.05) is 36.8 Å². The van der Waals surface area contributed by atoms with Crippen LogP contribution < -0.4 is 5.32 Å². The third-order valence-corrected chi connectivity index (χ3v) is 11.4. The van der Waals surface area contributed by atoms with E-state index in [1.165, 1.54) is 7.11 Å². The monoisotopic (exact) mass is 747 g/mol. The van der Waals surface area contributed by atoms with Crippen LogP contribution in [0.15, 0.2) is 73.1 Å². The van der Waals surface area contributed by atoms with Crippen LogP contribution >= 0.6 is 0 Å². The number of aliphatic hydroxyl groups is 1. The fourth-order valence-corrected chi connectivity index (χ4v) is 8.41. The van der Waals surface area contributed by atoms with Crippen LogP contribution in [0.2, 0.25) is 0 Å². The second-order valence-corrected chi connectivity index (χ2v) is 16.1. The number of imidazole rings is 2. The van der Waals surface area contributed by atoms with E-state index in [9.17, 15) is 24.6 Å². The lowest BCUT2D eigenvalue weighted by atomic mass is 9.71. The number of nitrogens with zero attached hydrogens (tertiary/aromatic N) is 4. The summed E-state index contributed by atoms with van der Waals surface area (Å²) in [4.78, 5) is 57.2. The lowest BCUT2D eigenvalue weighted by molar-refractivity contribution is -0.135. The number of nitrogens with one attached hydrogen (secondary N) is 3. The minimum atomic E-state index is -0.924. The molecule has 2 aromatic heterocycles. The van der Waals surface area contributed by atoms with Crippen LogP contribution in [0.25, 0.3) is 44.4 Å². The number of ether oxygens (including phenoxy) is 1. The predicted molar refractivity (Wildman–Crippen MR) is 209 cm³/mol. The van der Waals surface area contributed by atoms with Gasteiger partial charge >= 0.3 is 12.2 Å². The number of carbonyl (C=O) groups excluding carboxylic acids is 2. The van der Waals surface area contributed by atoms with E-state index in [1.807, 2.05) is 26.0 Å². The Morgan fingerprint density at radius 3 is 2.29 bits per heavy atom. The molecule has 3 amide bonds. The molecule has 55 heavy (non-hydrogen) atoms. The van der Waals surface area contributed by atoms with Crippen molar-refractivity contribution in [2.75, 3.05) is 20.2 Å². The first-order valence-corrected chi connectivity index (χ1v) is 18.8. The fourth-order valence-electron chi connectivity index (χ4n) is 8.41. The number of hydrogen-bond acceptors (Lipinski definition) is 7. The molecule has 2 aliphatic heterocycles. The second-order valence-electron chi connectivity index (χ2n) is 16.1. The van der Waals surface area contributed by atoms with E-state index in [-0.39, 0.29) is 23.8 Å². The summed E-state index contributed by atoms with van der Waals surface area (Å²) in [5.41, 5.74) is 4.45. The lowest BCUT2D eigenvalue weighted by Gasteiger charge is -2.45. The summed E-state index contributed by atoms with van der Waals surface area (Å²) in [6.07, 6.45) is 3.12. The van der Waals surface area contributed by atoms with Gasteiger partial charge in [0.15, 0.2) is 0 Å². The van der Waals surface area contributed by atoms with E-state index in [2.05, 4.69) is 84.6 Å². The number of fused-ring (bicyclic) bond motifs is 1. The van der Waals surface area contributed by atoms with Gasteiger partial charge in [-0.15, -0.1) is 0 Å². The number of aromatic amines is 2. The number of carbonyl (C=O) groups is 3. The highest BCUT2D eigenvalue weighted by molar-refractivity contribution is 5.91. The fraction of sp³-hybridized carbons (Fsp3) is 0.405. The van der Waals surface area contributed by atoms with E-state index >= 15 is 0 Å². The summed E-state index contributed by atoms with van der Waals surface area (Å²) in [6.45, 7) is 10.5. The number of benzene rings is 3. The van der Waals surface area contributed by atoms with Crippen molar-refractivity contribution in [1.29, 1.82) is 0 Å². The van der Waals surface area contributed by atoms with Gasteiger partial charge in [0.05, 0.1) is 36.8 Å². The van der Waals surface area contributed by atoms with Gasteiger partial charge < -0.3 is 35.1 Å². The Labute approximate surface area is 320 Å². The molecule has 7 rings (SSSR count). The lowest BCUT2D eigenvalue weighted by Crippen LogP contribution is -2.53. The maximum Gasteiger partial charge on any atom is 0.408 e. The molecule has 2 aliphatic rings. The molecular weight excluding hydrogens is 699 g/mol. The van der Waals surface area contributed by atoms with Gasteiger partial charge in [-0.05, 0) is 58.2 Å². The summed E-state index contributed by atoms with van der Waals surface area (Å²) in [7, 11) is 1.25. The first-order valence-electron chi connectivity index (χ1n) is 18.8. The van der Waals surface area contributed by atoms with Crippen LogP contribution in [0.1, 0.15) is 71.6 Å². The Morgan fingerprint density at radius 1 is 0.982 bits per heavy atom. The summed E-state index contributed by atoms with van der Waals surface area (Å²) < 4.78 is 4.73. The number of aliphatic hydroxyl groups excluding tert-OH is 1. The first kappa shape index (κ1) is 37.6. The van der Waals surface area contributed by atoms with Gasteiger partial charge in [-0.1, -0.05) is 83.1 Å². The third kappa shape index (κ3) is 6.93. The average molecular weight is 748 g/mol. The van der Waals surface area contributed by atoms with Crippen molar-refractivity contribution in [2.24, 2.45) is 11.3 Å². The smallest absolute Gasteiger partial charge is 0.408 e. The number of carboxylic acid groups (broad SMARTS) is 1. The van der Waals surface area contributed by atoms with Gasteiger partial charge in [-0.3, -0.25) is 9.69 Å². The normalized spacial score (nSPS) is 20.7. The SMILES string of the molecule is COC(=O)N[C@H](C(=O)N1C[C@@H](O)C[C@H]1c1nc(-c2ccc(-c3ccc4cc(-c5cnc([C@@]6(C(C)(C)C)CCCN6C(=O)O)[nH]5)ccc4c3)cc2)c[nH]1)C(C)C. The molecule has 0 spiro atoms.